The normalized spacial score (nSPS) is 16.8. The third-order valence-electron chi connectivity index (χ3n) is 5.29. The fourth-order valence-corrected chi connectivity index (χ4v) is 3.34. The molecule has 0 radical (unpaired) electrons. The maximum Gasteiger partial charge on any atom is 0.255 e. The maximum absolute atomic E-state index is 12.8. The van der Waals surface area contributed by atoms with Gasteiger partial charge in [-0.1, -0.05) is 37.3 Å². The van der Waals surface area contributed by atoms with E-state index in [1.54, 1.807) is 12.4 Å². The minimum atomic E-state index is -0.0130. The molecule has 126 valence electrons. The lowest BCUT2D eigenvalue weighted by molar-refractivity contribution is 0.0338. The number of hydrogen-bond donors (Lipinski definition) is 1. The molecule has 1 aliphatic rings. The monoisotopic (exact) mass is 324 g/mol. The number of pyridine rings is 1. The van der Waals surface area contributed by atoms with Crippen molar-refractivity contribution in [2.75, 3.05) is 19.7 Å². The van der Waals surface area contributed by atoms with Crippen molar-refractivity contribution in [3.05, 3.63) is 54.4 Å². The van der Waals surface area contributed by atoms with Crippen LogP contribution in [-0.2, 0) is 0 Å². The maximum atomic E-state index is 12.8. The van der Waals surface area contributed by atoms with Gasteiger partial charge in [0.25, 0.3) is 5.91 Å². The van der Waals surface area contributed by atoms with Crippen LogP contribution in [0.1, 0.15) is 36.5 Å². The number of likely N-dealkylation sites (tertiary alicyclic amines) is 1. The summed E-state index contributed by atoms with van der Waals surface area (Å²) >= 11 is 0. The Hall–Kier alpha value is -2.20. The number of aliphatic hydroxyl groups is 1. The lowest BCUT2D eigenvalue weighted by Crippen LogP contribution is -2.44. The highest BCUT2D eigenvalue weighted by molar-refractivity contribution is 5.95. The van der Waals surface area contributed by atoms with Gasteiger partial charge < -0.3 is 10.0 Å². The van der Waals surface area contributed by atoms with E-state index in [1.165, 1.54) is 0 Å². The van der Waals surface area contributed by atoms with E-state index in [0.29, 0.717) is 18.7 Å². The van der Waals surface area contributed by atoms with Crippen LogP contribution in [0, 0.1) is 5.41 Å². The summed E-state index contributed by atoms with van der Waals surface area (Å²) in [4.78, 5) is 18.9. The minimum Gasteiger partial charge on any atom is -0.396 e. The zero-order valence-corrected chi connectivity index (χ0v) is 14.1. The van der Waals surface area contributed by atoms with Gasteiger partial charge in [-0.25, -0.2) is 0 Å². The number of hydrogen-bond acceptors (Lipinski definition) is 3. The Morgan fingerprint density at radius 1 is 1.17 bits per heavy atom. The van der Waals surface area contributed by atoms with Crippen LogP contribution in [0.25, 0.3) is 11.1 Å². The summed E-state index contributed by atoms with van der Waals surface area (Å²) in [6.45, 7) is 3.71. The molecular weight excluding hydrogens is 300 g/mol. The minimum absolute atomic E-state index is 0.0130. The summed E-state index contributed by atoms with van der Waals surface area (Å²) in [5.74, 6) is 0.0305. The summed E-state index contributed by atoms with van der Waals surface area (Å²) in [6.07, 6.45) is 6.10. The first-order valence-corrected chi connectivity index (χ1v) is 8.58. The summed E-state index contributed by atoms with van der Waals surface area (Å²) in [7, 11) is 0. The zero-order valence-electron chi connectivity index (χ0n) is 14.1. The van der Waals surface area contributed by atoms with E-state index in [2.05, 4.69) is 11.9 Å². The number of carbonyl (C=O) groups is 1. The average molecular weight is 324 g/mol. The fourth-order valence-electron chi connectivity index (χ4n) is 3.34. The second kappa shape index (κ2) is 7.14. The molecule has 1 amide bonds. The number of benzene rings is 1. The summed E-state index contributed by atoms with van der Waals surface area (Å²) in [5, 5.41) is 9.63. The van der Waals surface area contributed by atoms with Gasteiger partial charge in [0.1, 0.15) is 0 Å². The van der Waals surface area contributed by atoms with Crippen molar-refractivity contribution in [1.29, 1.82) is 0 Å². The Morgan fingerprint density at radius 3 is 2.50 bits per heavy atom. The Kier molecular flexibility index (Phi) is 4.95. The van der Waals surface area contributed by atoms with E-state index < -0.39 is 0 Å². The lowest BCUT2D eigenvalue weighted by atomic mass is 9.77. The van der Waals surface area contributed by atoms with Crippen LogP contribution in [0.4, 0.5) is 0 Å². The SMILES string of the molecule is CCC1(CO)CCN(C(=O)c2cncc(-c3ccccc3)c2)CC1. The Bertz CT molecular complexity index is 686. The zero-order chi connectivity index (χ0) is 17.0. The molecular formula is C20H24N2O2. The van der Waals surface area contributed by atoms with E-state index >= 15 is 0 Å². The van der Waals surface area contributed by atoms with Crippen molar-refractivity contribution in [2.24, 2.45) is 5.41 Å². The molecule has 0 bridgehead atoms. The molecule has 1 aromatic carbocycles. The van der Waals surface area contributed by atoms with Crippen molar-refractivity contribution in [3.8, 4) is 11.1 Å². The number of carbonyl (C=O) groups excluding carboxylic acids is 1. The molecule has 1 aliphatic heterocycles. The van der Waals surface area contributed by atoms with Gasteiger partial charge in [-0.05, 0) is 36.3 Å². The number of nitrogens with zero attached hydrogens (tertiary/aromatic N) is 2. The quantitative estimate of drug-likeness (QED) is 0.938. The molecule has 0 spiro atoms. The van der Waals surface area contributed by atoms with Crippen LogP contribution in [0.3, 0.4) is 0 Å². The summed E-state index contributed by atoms with van der Waals surface area (Å²) in [5.41, 5.74) is 2.63. The molecule has 2 aromatic rings. The predicted octanol–water partition coefficient (Wildman–Crippen LogP) is 3.37. The highest BCUT2D eigenvalue weighted by atomic mass is 16.3. The van der Waals surface area contributed by atoms with Crippen molar-refractivity contribution in [2.45, 2.75) is 26.2 Å². The predicted molar refractivity (Wildman–Crippen MR) is 94.6 cm³/mol. The van der Waals surface area contributed by atoms with Crippen LogP contribution in [0.5, 0.6) is 0 Å². The number of rotatable bonds is 4. The van der Waals surface area contributed by atoms with Gasteiger partial charge >= 0.3 is 0 Å². The molecule has 0 unspecified atom stereocenters. The molecule has 3 rings (SSSR count). The van der Waals surface area contributed by atoms with Gasteiger partial charge in [-0.3, -0.25) is 9.78 Å². The van der Waals surface area contributed by atoms with E-state index in [0.717, 1.165) is 30.4 Å². The van der Waals surface area contributed by atoms with Crippen LogP contribution in [0.15, 0.2) is 48.8 Å². The van der Waals surface area contributed by atoms with Gasteiger partial charge in [0.05, 0.1) is 5.56 Å². The Balaban J connectivity index is 1.75. The third kappa shape index (κ3) is 3.34. The van der Waals surface area contributed by atoms with Crippen molar-refractivity contribution in [1.82, 2.24) is 9.88 Å². The average Bonchev–Trinajstić information content (AvgIpc) is 2.68. The van der Waals surface area contributed by atoms with Crippen molar-refractivity contribution < 1.29 is 9.90 Å². The second-order valence-electron chi connectivity index (χ2n) is 6.63. The Morgan fingerprint density at radius 2 is 1.88 bits per heavy atom. The van der Waals surface area contributed by atoms with Gasteiger partial charge in [0.15, 0.2) is 0 Å². The van der Waals surface area contributed by atoms with Crippen LogP contribution >= 0.6 is 0 Å². The van der Waals surface area contributed by atoms with Gasteiger partial charge in [-0.2, -0.15) is 0 Å². The Labute approximate surface area is 143 Å². The second-order valence-corrected chi connectivity index (χ2v) is 6.63. The lowest BCUT2D eigenvalue weighted by Gasteiger charge is -2.40. The first kappa shape index (κ1) is 16.7. The van der Waals surface area contributed by atoms with Gasteiger partial charge in [0.2, 0.25) is 0 Å². The topological polar surface area (TPSA) is 53.4 Å². The molecule has 4 nitrogen and oxygen atoms in total. The third-order valence-corrected chi connectivity index (χ3v) is 5.29. The molecule has 1 N–H and O–H groups in total. The van der Waals surface area contributed by atoms with Gasteiger partial charge in [0, 0.05) is 37.7 Å². The van der Waals surface area contributed by atoms with E-state index in [4.69, 9.17) is 0 Å². The fraction of sp³-hybridized carbons (Fsp3) is 0.400. The van der Waals surface area contributed by atoms with E-state index in [1.807, 2.05) is 41.3 Å². The molecule has 0 aliphatic carbocycles. The molecule has 1 saturated heterocycles. The molecule has 1 aromatic heterocycles. The van der Waals surface area contributed by atoms with Crippen molar-refractivity contribution in [3.63, 3.8) is 0 Å². The first-order valence-electron chi connectivity index (χ1n) is 8.58. The number of piperidine rings is 1. The summed E-state index contributed by atoms with van der Waals surface area (Å²) in [6, 6.07) is 11.9. The van der Waals surface area contributed by atoms with E-state index in [-0.39, 0.29) is 17.9 Å². The smallest absolute Gasteiger partial charge is 0.255 e. The number of amides is 1. The van der Waals surface area contributed by atoms with Gasteiger partial charge in [-0.15, -0.1) is 0 Å². The van der Waals surface area contributed by atoms with Crippen LogP contribution in [0.2, 0.25) is 0 Å². The molecule has 1 fully saturated rings. The van der Waals surface area contributed by atoms with E-state index in [9.17, 15) is 9.90 Å². The molecule has 24 heavy (non-hydrogen) atoms. The first-order chi connectivity index (χ1) is 11.7. The molecule has 2 heterocycles. The standard InChI is InChI=1S/C20H24N2O2/c1-2-20(15-23)8-10-22(11-9-20)19(24)18-12-17(13-21-14-18)16-6-4-3-5-7-16/h3-7,12-14,23H,2,8-11,15H2,1H3. The number of aromatic nitrogens is 1. The highest BCUT2D eigenvalue weighted by Crippen LogP contribution is 2.34. The number of aliphatic hydroxyl groups excluding tert-OH is 1. The summed E-state index contributed by atoms with van der Waals surface area (Å²) < 4.78 is 0. The van der Waals surface area contributed by atoms with Crippen LogP contribution in [-0.4, -0.2) is 40.6 Å². The largest absolute Gasteiger partial charge is 0.396 e. The van der Waals surface area contributed by atoms with Crippen molar-refractivity contribution >= 4 is 5.91 Å². The highest BCUT2D eigenvalue weighted by Gasteiger charge is 2.34. The van der Waals surface area contributed by atoms with Crippen LogP contribution < -0.4 is 0 Å². The molecule has 4 heteroatoms. The molecule has 0 saturated carbocycles. The molecule has 0 atom stereocenters.